The molecule has 2 rings (SSSR count). The molecule has 0 radical (unpaired) electrons. The Morgan fingerprint density at radius 2 is 2.16 bits per heavy atom. The van der Waals surface area contributed by atoms with Gasteiger partial charge in [0.2, 0.25) is 5.91 Å². The molecule has 0 aromatic carbocycles. The normalized spacial score (nSPS) is 16.5. The van der Waals surface area contributed by atoms with Crippen molar-refractivity contribution in [3.8, 4) is 0 Å². The third kappa shape index (κ3) is 3.33. The first-order valence-corrected chi connectivity index (χ1v) is 7.13. The van der Waals surface area contributed by atoms with Gasteiger partial charge in [0.05, 0.1) is 23.6 Å². The molecular formula is C13H18N2O3S. The first kappa shape index (κ1) is 14.0. The highest BCUT2D eigenvalue weighted by molar-refractivity contribution is 7.13. The second-order valence-corrected chi connectivity index (χ2v) is 6.22. The highest BCUT2D eigenvalue weighted by Crippen LogP contribution is 2.30. The van der Waals surface area contributed by atoms with E-state index in [2.05, 4.69) is 10.6 Å². The van der Waals surface area contributed by atoms with E-state index in [-0.39, 0.29) is 25.0 Å². The summed E-state index contributed by atoms with van der Waals surface area (Å²) in [5, 5.41) is 14.6. The third-order valence-corrected chi connectivity index (χ3v) is 4.39. The zero-order valence-electron chi connectivity index (χ0n) is 10.9. The molecule has 1 aliphatic rings. The van der Waals surface area contributed by atoms with Gasteiger partial charge in [-0.1, -0.05) is 0 Å². The van der Waals surface area contributed by atoms with Crippen molar-refractivity contribution in [1.82, 2.24) is 10.6 Å². The van der Waals surface area contributed by atoms with E-state index in [0.29, 0.717) is 4.88 Å². The summed E-state index contributed by atoms with van der Waals surface area (Å²) < 4.78 is 0. The van der Waals surface area contributed by atoms with E-state index in [0.717, 1.165) is 24.1 Å². The molecule has 1 aromatic heterocycles. The van der Waals surface area contributed by atoms with Gasteiger partial charge in [-0.25, -0.2) is 0 Å². The maximum absolute atomic E-state index is 11.8. The highest BCUT2D eigenvalue weighted by Gasteiger charge is 2.37. The van der Waals surface area contributed by atoms with Crippen LogP contribution in [-0.2, 0) is 4.79 Å². The molecule has 104 valence electrons. The zero-order valence-corrected chi connectivity index (χ0v) is 11.7. The van der Waals surface area contributed by atoms with Crippen LogP contribution in [0.1, 0.15) is 33.8 Å². The van der Waals surface area contributed by atoms with Crippen LogP contribution in [0.4, 0.5) is 0 Å². The van der Waals surface area contributed by atoms with E-state index in [1.165, 1.54) is 11.3 Å². The molecule has 6 heteroatoms. The molecular weight excluding hydrogens is 264 g/mol. The molecule has 1 fully saturated rings. The van der Waals surface area contributed by atoms with Crippen LogP contribution in [0.2, 0.25) is 0 Å². The van der Waals surface area contributed by atoms with Crippen LogP contribution >= 0.6 is 11.3 Å². The Bertz CT molecular complexity index is 474. The maximum Gasteiger partial charge on any atom is 0.261 e. The molecule has 19 heavy (non-hydrogen) atoms. The van der Waals surface area contributed by atoms with Gasteiger partial charge in [-0.3, -0.25) is 9.59 Å². The van der Waals surface area contributed by atoms with Crippen LogP contribution in [0.5, 0.6) is 0 Å². The predicted molar refractivity (Wildman–Crippen MR) is 73.2 cm³/mol. The summed E-state index contributed by atoms with van der Waals surface area (Å²) >= 11 is 1.40. The van der Waals surface area contributed by atoms with E-state index < -0.39 is 5.54 Å². The van der Waals surface area contributed by atoms with Crippen molar-refractivity contribution in [3.63, 3.8) is 0 Å². The Morgan fingerprint density at radius 3 is 2.63 bits per heavy atom. The van der Waals surface area contributed by atoms with Crippen LogP contribution < -0.4 is 10.6 Å². The van der Waals surface area contributed by atoms with Crippen molar-refractivity contribution >= 4 is 23.2 Å². The van der Waals surface area contributed by atoms with Crippen LogP contribution in [-0.4, -0.2) is 35.6 Å². The van der Waals surface area contributed by atoms with Crippen molar-refractivity contribution in [2.24, 2.45) is 0 Å². The van der Waals surface area contributed by atoms with Crippen molar-refractivity contribution in [1.29, 1.82) is 0 Å². The van der Waals surface area contributed by atoms with Crippen LogP contribution in [0.15, 0.2) is 12.1 Å². The van der Waals surface area contributed by atoms with Gasteiger partial charge in [0, 0.05) is 4.88 Å². The van der Waals surface area contributed by atoms with Crippen molar-refractivity contribution < 1.29 is 14.7 Å². The summed E-state index contributed by atoms with van der Waals surface area (Å²) in [6, 6.07) is 3.61. The number of aliphatic hydroxyl groups excluding tert-OH is 1. The number of carbonyl (C=O) groups excluding carboxylic acids is 2. The number of aliphatic hydroxyl groups is 1. The topological polar surface area (TPSA) is 78.4 Å². The molecule has 0 saturated heterocycles. The SMILES string of the molecule is Cc1ccc(C(=O)NCC(=O)NC2(CO)CCC2)s1. The van der Waals surface area contributed by atoms with E-state index in [1.807, 2.05) is 13.0 Å². The number of amides is 2. The fourth-order valence-electron chi connectivity index (χ4n) is 2.07. The van der Waals surface area contributed by atoms with Gasteiger partial charge in [-0.2, -0.15) is 0 Å². The van der Waals surface area contributed by atoms with E-state index >= 15 is 0 Å². The average Bonchev–Trinajstić information content (AvgIpc) is 2.77. The summed E-state index contributed by atoms with van der Waals surface area (Å²) in [4.78, 5) is 25.1. The quantitative estimate of drug-likeness (QED) is 0.748. The fourth-order valence-corrected chi connectivity index (χ4v) is 2.85. The number of nitrogens with one attached hydrogen (secondary N) is 2. The Labute approximate surface area is 116 Å². The molecule has 0 aliphatic heterocycles. The highest BCUT2D eigenvalue weighted by atomic mass is 32.1. The Morgan fingerprint density at radius 1 is 1.42 bits per heavy atom. The monoisotopic (exact) mass is 282 g/mol. The van der Waals surface area contributed by atoms with Gasteiger partial charge in [-0.15, -0.1) is 11.3 Å². The van der Waals surface area contributed by atoms with Gasteiger partial charge in [-0.05, 0) is 38.3 Å². The van der Waals surface area contributed by atoms with Gasteiger partial charge >= 0.3 is 0 Å². The Balaban J connectivity index is 1.79. The second kappa shape index (κ2) is 5.71. The number of rotatable bonds is 5. The van der Waals surface area contributed by atoms with E-state index in [9.17, 15) is 14.7 Å². The Kier molecular flexibility index (Phi) is 4.21. The van der Waals surface area contributed by atoms with Crippen LogP contribution in [0.25, 0.3) is 0 Å². The molecule has 2 amide bonds. The lowest BCUT2D eigenvalue weighted by Crippen LogP contribution is -2.57. The van der Waals surface area contributed by atoms with Crippen LogP contribution in [0, 0.1) is 6.92 Å². The molecule has 0 unspecified atom stereocenters. The number of carbonyl (C=O) groups is 2. The lowest BCUT2D eigenvalue weighted by molar-refractivity contribution is -0.124. The van der Waals surface area contributed by atoms with Gasteiger partial charge in [0.15, 0.2) is 0 Å². The van der Waals surface area contributed by atoms with Gasteiger partial charge < -0.3 is 15.7 Å². The summed E-state index contributed by atoms with van der Waals surface area (Å²) in [5.41, 5.74) is -0.457. The zero-order chi connectivity index (χ0) is 13.9. The van der Waals surface area contributed by atoms with Crippen molar-refractivity contribution in [2.75, 3.05) is 13.2 Å². The van der Waals surface area contributed by atoms with Crippen molar-refractivity contribution in [3.05, 3.63) is 21.9 Å². The molecule has 3 N–H and O–H groups in total. The van der Waals surface area contributed by atoms with Gasteiger partial charge in [0.25, 0.3) is 5.91 Å². The maximum atomic E-state index is 11.8. The molecule has 1 saturated carbocycles. The van der Waals surface area contributed by atoms with Crippen LogP contribution in [0.3, 0.4) is 0 Å². The molecule has 0 bridgehead atoms. The largest absolute Gasteiger partial charge is 0.394 e. The predicted octanol–water partition coefficient (Wildman–Crippen LogP) is 0.818. The smallest absolute Gasteiger partial charge is 0.261 e. The molecule has 1 aliphatic carbocycles. The lowest BCUT2D eigenvalue weighted by Gasteiger charge is -2.40. The minimum absolute atomic E-state index is 0.0448. The van der Waals surface area contributed by atoms with Gasteiger partial charge in [0.1, 0.15) is 0 Å². The summed E-state index contributed by atoms with van der Waals surface area (Å²) in [6.07, 6.45) is 2.61. The molecule has 1 heterocycles. The molecule has 5 nitrogen and oxygen atoms in total. The number of hydrogen-bond donors (Lipinski definition) is 3. The fraction of sp³-hybridized carbons (Fsp3) is 0.538. The van der Waals surface area contributed by atoms with E-state index in [4.69, 9.17) is 0 Å². The number of hydrogen-bond acceptors (Lipinski definition) is 4. The Hall–Kier alpha value is -1.40. The van der Waals surface area contributed by atoms with E-state index in [1.54, 1.807) is 6.07 Å². The first-order chi connectivity index (χ1) is 9.04. The summed E-state index contributed by atoms with van der Waals surface area (Å²) in [7, 11) is 0. The lowest BCUT2D eigenvalue weighted by atomic mass is 9.77. The minimum Gasteiger partial charge on any atom is -0.394 e. The number of aryl methyl sites for hydroxylation is 1. The summed E-state index contributed by atoms with van der Waals surface area (Å²) in [6.45, 7) is 1.82. The first-order valence-electron chi connectivity index (χ1n) is 6.31. The third-order valence-electron chi connectivity index (χ3n) is 3.39. The molecule has 0 atom stereocenters. The van der Waals surface area contributed by atoms with Crippen molar-refractivity contribution in [2.45, 2.75) is 31.7 Å². The second-order valence-electron chi connectivity index (χ2n) is 4.93. The standard InChI is InChI=1S/C13H18N2O3S/c1-9-3-4-10(19-9)12(18)14-7-11(17)15-13(8-16)5-2-6-13/h3-4,16H,2,5-8H2,1H3,(H,14,18)(H,15,17). The molecule has 0 spiro atoms. The summed E-state index contributed by atoms with van der Waals surface area (Å²) in [5.74, 6) is -0.490. The molecule has 1 aromatic rings. The average molecular weight is 282 g/mol. The minimum atomic E-state index is -0.457. The number of thiophene rings is 1.